The van der Waals surface area contributed by atoms with Crippen molar-refractivity contribution in [1.29, 1.82) is 0 Å². The average Bonchev–Trinajstić information content (AvgIpc) is 2.62. The number of hydrogen-bond donors (Lipinski definition) is 2. The Kier molecular flexibility index (Phi) is 5.20. The summed E-state index contributed by atoms with van der Waals surface area (Å²) in [4.78, 5) is 12.0. The Hall–Kier alpha value is -2.99. The van der Waals surface area contributed by atoms with E-state index in [1.54, 1.807) is 12.1 Å². The second-order valence-electron chi connectivity index (χ2n) is 5.25. The van der Waals surface area contributed by atoms with E-state index in [0.717, 1.165) is 11.6 Å². The molecule has 0 bridgehead atoms. The summed E-state index contributed by atoms with van der Waals surface area (Å²) in [5.74, 6) is -0.0684. The van der Waals surface area contributed by atoms with Gasteiger partial charge in [0.1, 0.15) is 11.6 Å². The summed E-state index contributed by atoms with van der Waals surface area (Å²) in [6.45, 7) is 0.570. The van der Waals surface area contributed by atoms with Gasteiger partial charge >= 0.3 is 0 Å². The van der Waals surface area contributed by atoms with Gasteiger partial charge in [0, 0.05) is 17.1 Å². The first kappa shape index (κ1) is 16.9. The van der Waals surface area contributed by atoms with Crippen molar-refractivity contribution < 1.29 is 9.18 Å². The van der Waals surface area contributed by atoms with Crippen LogP contribution in [0.1, 0.15) is 15.9 Å². The van der Waals surface area contributed by atoms with E-state index in [1.165, 1.54) is 18.2 Å². The lowest BCUT2D eigenvalue weighted by Crippen LogP contribution is -2.14. The molecule has 126 valence electrons. The summed E-state index contributed by atoms with van der Waals surface area (Å²) in [6.07, 6.45) is 0. The van der Waals surface area contributed by atoms with Crippen molar-refractivity contribution in [3.05, 3.63) is 82.6 Å². The number of amides is 1. The lowest BCUT2D eigenvalue weighted by atomic mass is 10.2. The number of aromatic nitrogens is 2. The molecular formula is C18H14ClFN4O. The quantitative estimate of drug-likeness (QED) is 0.721. The standard InChI is InChI=1S/C18H14ClFN4O/c19-14-6-4-12(5-7-14)11-21-16-8-9-17(24-23-16)22-18(25)13-2-1-3-15(20)10-13/h1-10H,11H2,(H,21,23)(H,22,24,25). The van der Waals surface area contributed by atoms with Crippen LogP contribution >= 0.6 is 11.6 Å². The van der Waals surface area contributed by atoms with Crippen LogP contribution in [-0.2, 0) is 6.54 Å². The van der Waals surface area contributed by atoms with Crippen LogP contribution in [0.5, 0.6) is 0 Å². The summed E-state index contributed by atoms with van der Waals surface area (Å²) < 4.78 is 13.1. The number of benzene rings is 2. The summed E-state index contributed by atoms with van der Waals surface area (Å²) in [7, 11) is 0. The molecule has 2 aromatic carbocycles. The smallest absolute Gasteiger partial charge is 0.256 e. The molecule has 0 radical (unpaired) electrons. The highest BCUT2D eigenvalue weighted by atomic mass is 35.5. The summed E-state index contributed by atoms with van der Waals surface area (Å²) in [5, 5.41) is 14.3. The first-order valence-corrected chi connectivity index (χ1v) is 7.87. The zero-order chi connectivity index (χ0) is 17.6. The Morgan fingerprint density at radius 1 is 1.00 bits per heavy atom. The van der Waals surface area contributed by atoms with Crippen LogP contribution < -0.4 is 10.6 Å². The second kappa shape index (κ2) is 7.72. The van der Waals surface area contributed by atoms with Crippen LogP contribution in [0.15, 0.2) is 60.7 Å². The Labute approximate surface area is 148 Å². The molecule has 3 aromatic rings. The van der Waals surface area contributed by atoms with Crippen LogP contribution in [0.3, 0.4) is 0 Å². The minimum absolute atomic E-state index is 0.215. The Bertz CT molecular complexity index is 869. The van der Waals surface area contributed by atoms with E-state index in [2.05, 4.69) is 20.8 Å². The molecule has 25 heavy (non-hydrogen) atoms. The maximum absolute atomic E-state index is 13.1. The molecule has 0 unspecified atom stereocenters. The van der Waals surface area contributed by atoms with E-state index >= 15 is 0 Å². The highest BCUT2D eigenvalue weighted by Crippen LogP contribution is 2.12. The van der Waals surface area contributed by atoms with Gasteiger partial charge in [0.2, 0.25) is 0 Å². The molecule has 0 aliphatic rings. The Morgan fingerprint density at radius 2 is 1.72 bits per heavy atom. The van der Waals surface area contributed by atoms with E-state index in [9.17, 15) is 9.18 Å². The summed E-state index contributed by atoms with van der Waals surface area (Å²) in [6, 6.07) is 16.2. The van der Waals surface area contributed by atoms with Crippen LogP contribution in [0.2, 0.25) is 5.02 Å². The van der Waals surface area contributed by atoms with Gasteiger partial charge in [0.25, 0.3) is 5.91 Å². The minimum Gasteiger partial charge on any atom is -0.365 e. The molecule has 1 aromatic heterocycles. The van der Waals surface area contributed by atoms with E-state index in [0.29, 0.717) is 17.4 Å². The van der Waals surface area contributed by atoms with Crippen molar-refractivity contribution in [1.82, 2.24) is 10.2 Å². The van der Waals surface area contributed by atoms with E-state index in [4.69, 9.17) is 11.6 Å². The van der Waals surface area contributed by atoms with E-state index in [1.807, 2.05) is 24.3 Å². The number of rotatable bonds is 5. The molecule has 7 heteroatoms. The molecule has 0 saturated heterocycles. The highest BCUT2D eigenvalue weighted by Gasteiger charge is 2.08. The molecule has 0 spiro atoms. The lowest BCUT2D eigenvalue weighted by molar-refractivity contribution is 0.102. The van der Waals surface area contributed by atoms with Gasteiger partial charge in [-0.15, -0.1) is 10.2 Å². The molecule has 1 heterocycles. The molecule has 1 amide bonds. The number of hydrogen-bond acceptors (Lipinski definition) is 4. The number of anilines is 2. The number of nitrogens with one attached hydrogen (secondary N) is 2. The summed E-state index contributed by atoms with van der Waals surface area (Å²) >= 11 is 5.84. The van der Waals surface area contributed by atoms with Crippen LogP contribution in [-0.4, -0.2) is 16.1 Å². The zero-order valence-corrected chi connectivity index (χ0v) is 13.8. The van der Waals surface area contributed by atoms with Crippen LogP contribution in [0, 0.1) is 5.82 Å². The highest BCUT2D eigenvalue weighted by molar-refractivity contribution is 6.30. The van der Waals surface area contributed by atoms with Gasteiger partial charge in [-0.1, -0.05) is 29.8 Å². The minimum atomic E-state index is -0.472. The third-order valence-electron chi connectivity index (χ3n) is 3.38. The first-order chi connectivity index (χ1) is 12.1. The zero-order valence-electron chi connectivity index (χ0n) is 13.0. The predicted octanol–water partition coefficient (Wildman–Crippen LogP) is 4.13. The van der Waals surface area contributed by atoms with Gasteiger partial charge in [-0.05, 0) is 48.0 Å². The van der Waals surface area contributed by atoms with Crippen molar-refractivity contribution in [2.75, 3.05) is 10.6 Å². The van der Waals surface area contributed by atoms with Crippen molar-refractivity contribution in [2.24, 2.45) is 0 Å². The van der Waals surface area contributed by atoms with Gasteiger partial charge in [-0.25, -0.2) is 4.39 Å². The van der Waals surface area contributed by atoms with Gasteiger partial charge in [0.15, 0.2) is 5.82 Å². The molecule has 0 aliphatic heterocycles. The fraction of sp³-hybridized carbons (Fsp3) is 0.0556. The van der Waals surface area contributed by atoms with Crippen molar-refractivity contribution >= 4 is 29.1 Å². The molecule has 0 atom stereocenters. The molecular weight excluding hydrogens is 343 g/mol. The van der Waals surface area contributed by atoms with Gasteiger partial charge in [0.05, 0.1) is 0 Å². The molecule has 2 N–H and O–H groups in total. The predicted molar refractivity (Wildman–Crippen MR) is 95.2 cm³/mol. The third kappa shape index (κ3) is 4.74. The number of carbonyl (C=O) groups excluding carboxylic acids is 1. The van der Waals surface area contributed by atoms with Crippen molar-refractivity contribution in [3.8, 4) is 0 Å². The van der Waals surface area contributed by atoms with E-state index in [-0.39, 0.29) is 11.4 Å². The van der Waals surface area contributed by atoms with Crippen LogP contribution in [0.25, 0.3) is 0 Å². The Morgan fingerprint density at radius 3 is 2.40 bits per heavy atom. The number of carbonyl (C=O) groups is 1. The SMILES string of the molecule is O=C(Nc1ccc(NCc2ccc(Cl)cc2)nn1)c1cccc(F)c1. The number of halogens is 2. The third-order valence-corrected chi connectivity index (χ3v) is 3.63. The first-order valence-electron chi connectivity index (χ1n) is 7.49. The topological polar surface area (TPSA) is 66.9 Å². The van der Waals surface area contributed by atoms with Gasteiger partial charge in [-0.2, -0.15) is 0 Å². The lowest BCUT2D eigenvalue weighted by Gasteiger charge is -2.07. The van der Waals surface area contributed by atoms with Gasteiger partial charge < -0.3 is 10.6 Å². The van der Waals surface area contributed by atoms with Crippen molar-refractivity contribution in [3.63, 3.8) is 0 Å². The molecule has 0 saturated carbocycles. The fourth-order valence-corrected chi connectivity index (χ4v) is 2.23. The Balaban J connectivity index is 1.58. The maximum Gasteiger partial charge on any atom is 0.256 e. The number of nitrogens with zero attached hydrogens (tertiary/aromatic N) is 2. The van der Waals surface area contributed by atoms with E-state index < -0.39 is 11.7 Å². The molecule has 0 fully saturated rings. The van der Waals surface area contributed by atoms with Gasteiger partial charge in [-0.3, -0.25) is 4.79 Å². The largest absolute Gasteiger partial charge is 0.365 e. The summed E-state index contributed by atoms with van der Waals surface area (Å²) in [5.41, 5.74) is 1.27. The molecule has 3 rings (SSSR count). The normalized spacial score (nSPS) is 10.3. The maximum atomic E-state index is 13.1. The average molecular weight is 357 g/mol. The van der Waals surface area contributed by atoms with Crippen molar-refractivity contribution in [2.45, 2.75) is 6.54 Å². The fourth-order valence-electron chi connectivity index (χ4n) is 2.11. The molecule has 0 aliphatic carbocycles. The van der Waals surface area contributed by atoms with Crippen LogP contribution in [0.4, 0.5) is 16.0 Å². The monoisotopic (exact) mass is 356 g/mol. The second-order valence-corrected chi connectivity index (χ2v) is 5.68. The molecule has 5 nitrogen and oxygen atoms in total.